The molecule has 0 bridgehead atoms. The van der Waals surface area contributed by atoms with Crippen LogP contribution in [0.15, 0.2) is 48.0 Å². The summed E-state index contributed by atoms with van der Waals surface area (Å²) in [6.07, 6.45) is 7.36. The maximum absolute atomic E-state index is 13.4. The normalized spacial score (nSPS) is 31.9. The highest BCUT2D eigenvalue weighted by Crippen LogP contribution is 2.60. The molecule has 2 aromatic rings. The van der Waals surface area contributed by atoms with Crippen molar-refractivity contribution in [3.8, 4) is 5.75 Å². The molecule has 0 heterocycles. The van der Waals surface area contributed by atoms with Gasteiger partial charge in [0.25, 0.3) is 0 Å². The third-order valence-corrected chi connectivity index (χ3v) is 8.04. The van der Waals surface area contributed by atoms with Gasteiger partial charge in [0.2, 0.25) is 0 Å². The summed E-state index contributed by atoms with van der Waals surface area (Å²) >= 11 is 6.02. The summed E-state index contributed by atoms with van der Waals surface area (Å²) < 4.78 is 5.43. The lowest BCUT2D eigenvalue weighted by Gasteiger charge is -2.48. The highest BCUT2D eigenvalue weighted by atomic mass is 35.5. The number of fused-ring (bicyclic) bond motifs is 5. The molecule has 3 aliphatic rings. The second-order valence-corrected chi connectivity index (χ2v) is 9.63. The van der Waals surface area contributed by atoms with E-state index in [4.69, 9.17) is 16.3 Å². The first-order valence-corrected chi connectivity index (χ1v) is 11.0. The van der Waals surface area contributed by atoms with Crippen LogP contribution in [0.4, 0.5) is 0 Å². The zero-order valence-corrected chi connectivity index (χ0v) is 17.8. The van der Waals surface area contributed by atoms with Crippen molar-refractivity contribution >= 4 is 23.5 Å². The van der Waals surface area contributed by atoms with Crippen molar-refractivity contribution in [2.45, 2.75) is 44.9 Å². The Morgan fingerprint density at radius 2 is 1.93 bits per heavy atom. The molecule has 0 saturated heterocycles. The molecule has 3 aliphatic carbocycles. The number of aryl methyl sites for hydroxylation is 1. The zero-order chi connectivity index (χ0) is 20.2. The number of carbonyl (C=O) groups excluding carboxylic acids is 1. The lowest BCUT2D eigenvalue weighted by atomic mass is 9.55. The number of rotatable bonds is 2. The molecule has 150 valence electrons. The third kappa shape index (κ3) is 3.04. The molecule has 2 nitrogen and oxygen atoms in total. The van der Waals surface area contributed by atoms with Gasteiger partial charge in [0, 0.05) is 10.4 Å². The van der Waals surface area contributed by atoms with Crippen molar-refractivity contribution in [3.63, 3.8) is 0 Å². The maximum atomic E-state index is 13.4. The van der Waals surface area contributed by atoms with Gasteiger partial charge in [-0.2, -0.15) is 0 Å². The van der Waals surface area contributed by atoms with Gasteiger partial charge in [0.1, 0.15) is 5.75 Å². The first kappa shape index (κ1) is 18.9. The number of ketones is 1. The van der Waals surface area contributed by atoms with Crippen LogP contribution in [0, 0.1) is 17.3 Å². The molecule has 0 N–H and O–H groups in total. The molecule has 0 amide bonds. The summed E-state index contributed by atoms with van der Waals surface area (Å²) in [5, 5.41) is 0.728. The maximum Gasteiger partial charge on any atom is 0.165 e. The van der Waals surface area contributed by atoms with Crippen molar-refractivity contribution in [3.05, 3.63) is 69.8 Å². The summed E-state index contributed by atoms with van der Waals surface area (Å²) in [6.45, 7) is 2.22. The smallest absolute Gasteiger partial charge is 0.165 e. The van der Waals surface area contributed by atoms with E-state index in [9.17, 15) is 4.79 Å². The average Bonchev–Trinajstić information content (AvgIpc) is 2.99. The van der Waals surface area contributed by atoms with Crippen LogP contribution >= 0.6 is 11.6 Å². The van der Waals surface area contributed by atoms with Crippen molar-refractivity contribution in [1.29, 1.82) is 0 Å². The van der Waals surface area contributed by atoms with E-state index in [0.717, 1.165) is 47.6 Å². The molecule has 29 heavy (non-hydrogen) atoms. The first-order valence-electron chi connectivity index (χ1n) is 10.7. The molecule has 3 heteroatoms. The number of allylic oxidation sites excluding steroid dienone is 1. The number of carbonyl (C=O) groups is 1. The summed E-state index contributed by atoms with van der Waals surface area (Å²) in [7, 11) is 1.73. The SMILES string of the molecule is COc1ccc2c(c1)CC[C@@H]1[C@@H]2CC[C@@]2(C)C(=O)/C(=C/c3ccc(Cl)cc3)C[C@@H]12. The molecule has 2 saturated carbocycles. The van der Waals surface area contributed by atoms with Crippen LogP contribution < -0.4 is 4.74 Å². The minimum absolute atomic E-state index is 0.205. The molecule has 0 radical (unpaired) electrons. The Morgan fingerprint density at radius 3 is 2.69 bits per heavy atom. The fourth-order valence-corrected chi connectivity index (χ4v) is 6.37. The number of Topliss-reactive ketones (excluding diaryl/α,β-unsaturated/α-hetero) is 1. The minimum Gasteiger partial charge on any atom is -0.497 e. The van der Waals surface area contributed by atoms with Crippen LogP contribution in [0.1, 0.15) is 55.2 Å². The van der Waals surface area contributed by atoms with Gasteiger partial charge in [-0.3, -0.25) is 4.79 Å². The predicted octanol–water partition coefficient (Wildman–Crippen LogP) is 6.47. The number of ether oxygens (including phenoxy) is 1. The Kier molecular flexibility index (Phi) is 4.58. The monoisotopic (exact) mass is 406 g/mol. The van der Waals surface area contributed by atoms with Gasteiger partial charge in [-0.25, -0.2) is 0 Å². The van der Waals surface area contributed by atoms with Crippen molar-refractivity contribution in [1.82, 2.24) is 0 Å². The number of benzene rings is 2. The predicted molar refractivity (Wildman–Crippen MR) is 117 cm³/mol. The van der Waals surface area contributed by atoms with Gasteiger partial charge in [0.15, 0.2) is 5.78 Å². The van der Waals surface area contributed by atoms with E-state index >= 15 is 0 Å². The van der Waals surface area contributed by atoms with E-state index in [-0.39, 0.29) is 5.41 Å². The number of methoxy groups -OCH3 is 1. The lowest BCUT2D eigenvalue weighted by molar-refractivity contribution is -0.127. The molecule has 5 rings (SSSR count). The highest BCUT2D eigenvalue weighted by Gasteiger charge is 2.56. The van der Waals surface area contributed by atoms with E-state index in [1.54, 1.807) is 7.11 Å². The zero-order valence-electron chi connectivity index (χ0n) is 17.1. The van der Waals surface area contributed by atoms with Gasteiger partial charge in [-0.15, -0.1) is 0 Å². The molecular formula is C26H27ClO2. The first-order chi connectivity index (χ1) is 14.0. The third-order valence-electron chi connectivity index (χ3n) is 7.78. The van der Waals surface area contributed by atoms with Gasteiger partial charge in [0.05, 0.1) is 7.11 Å². The van der Waals surface area contributed by atoms with Crippen LogP contribution in [-0.2, 0) is 11.2 Å². The lowest BCUT2D eigenvalue weighted by Crippen LogP contribution is -2.42. The number of hydrogen-bond acceptors (Lipinski definition) is 2. The second-order valence-electron chi connectivity index (χ2n) is 9.19. The Balaban J connectivity index is 1.47. The molecule has 0 unspecified atom stereocenters. The molecule has 2 fully saturated rings. The van der Waals surface area contributed by atoms with E-state index in [1.807, 2.05) is 24.3 Å². The van der Waals surface area contributed by atoms with E-state index in [2.05, 4.69) is 31.2 Å². The second kappa shape index (κ2) is 7.02. The van der Waals surface area contributed by atoms with Crippen LogP contribution in [0.3, 0.4) is 0 Å². The minimum atomic E-state index is -0.205. The van der Waals surface area contributed by atoms with Crippen LogP contribution in [-0.4, -0.2) is 12.9 Å². The van der Waals surface area contributed by atoms with Crippen molar-refractivity contribution in [2.24, 2.45) is 17.3 Å². The summed E-state index contributed by atoms with van der Waals surface area (Å²) in [4.78, 5) is 13.4. The van der Waals surface area contributed by atoms with Gasteiger partial charge in [-0.1, -0.05) is 36.7 Å². The summed E-state index contributed by atoms with van der Waals surface area (Å²) in [5.41, 5.74) is 4.80. The Labute approximate surface area is 177 Å². The van der Waals surface area contributed by atoms with Gasteiger partial charge < -0.3 is 4.74 Å². The highest BCUT2D eigenvalue weighted by molar-refractivity contribution is 6.30. The summed E-state index contributed by atoms with van der Waals surface area (Å²) in [6, 6.07) is 14.4. The molecule has 0 aliphatic heterocycles. The molecular weight excluding hydrogens is 380 g/mol. The van der Waals surface area contributed by atoms with Crippen molar-refractivity contribution < 1.29 is 9.53 Å². The number of halogens is 1. The van der Waals surface area contributed by atoms with Gasteiger partial charge >= 0.3 is 0 Å². The van der Waals surface area contributed by atoms with E-state index in [0.29, 0.717) is 23.5 Å². The van der Waals surface area contributed by atoms with E-state index < -0.39 is 0 Å². The largest absolute Gasteiger partial charge is 0.497 e. The van der Waals surface area contributed by atoms with E-state index in [1.165, 1.54) is 17.5 Å². The fraction of sp³-hybridized carbons (Fsp3) is 0.423. The van der Waals surface area contributed by atoms with Crippen LogP contribution in [0.5, 0.6) is 5.75 Å². The Bertz CT molecular complexity index is 990. The molecule has 4 atom stereocenters. The van der Waals surface area contributed by atoms with Gasteiger partial charge in [-0.05, 0) is 102 Å². The fourth-order valence-electron chi connectivity index (χ4n) is 6.25. The topological polar surface area (TPSA) is 26.3 Å². The molecule has 0 spiro atoms. The van der Waals surface area contributed by atoms with Crippen molar-refractivity contribution in [2.75, 3.05) is 7.11 Å². The Hall–Kier alpha value is -2.06. The standard InChI is InChI=1S/C26H27ClO2/c1-26-12-11-22-21-10-8-20(29-2)14-17(21)5-9-23(22)24(26)15-18(25(26)28)13-16-3-6-19(27)7-4-16/h3-4,6-8,10,13-14,22-24H,5,9,11-12,15H2,1-2H3/b18-13+/t22-,23-,24+,26-/m1/s1. The quantitative estimate of drug-likeness (QED) is 0.534. The molecule has 2 aromatic carbocycles. The molecule has 0 aromatic heterocycles. The van der Waals surface area contributed by atoms with Crippen LogP contribution in [0.25, 0.3) is 6.08 Å². The summed E-state index contributed by atoms with van der Waals surface area (Å²) in [5.74, 6) is 2.94. The average molecular weight is 407 g/mol. The Morgan fingerprint density at radius 1 is 1.14 bits per heavy atom. The van der Waals surface area contributed by atoms with Crippen LogP contribution in [0.2, 0.25) is 5.02 Å². The number of hydrogen-bond donors (Lipinski definition) is 0.